The van der Waals surface area contributed by atoms with E-state index in [9.17, 15) is 14.4 Å². The van der Waals surface area contributed by atoms with E-state index in [-0.39, 0.29) is 30.2 Å². The number of para-hydroxylation sites is 2. The molecule has 0 radical (unpaired) electrons. The van der Waals surface area contributed by atoms with E-state index < -0.39 is 23.8 Å². The fourth-order valence-corrected chi connectivity index (χ4v) is 4.74. The van der Waals surface area contributed by atoms with E-state index in [1.165, 1.54) is 0 Å². The summed E-state index contributed by atoms with van der Waals surface area (Å²) in [6.07, 6.45) is 3.44. The number of likely N-dealkylation sites (tertiary alicyclic amines) is 1. The number of carbonyl (C=O) groups is 3. The minimum Gasteiger partial charge on any atom is -0.369 e. The number of H-pyrrole nitrogens is 1. The Morgan fingerprint density at radius 3 is 2.55 bits per heavy atom. The molecule has 1 saturated heterocycles. The summed E-state index contributed by atoms with van der Waals surface area (Å²) in [7, 11) is 0. The summed E-state index contributed by atoms with van der Waals surface area (Å²) in [5, 5.41) is 2.97. The van der Waals surface area contributed by atoms with Crippen LogP contribution >= 0.6 is 0 Å². The fourth-order valence-electron chi connectivity index (χ4n) is 4.74. The maximum Gasteiger partial charge on any atom is 0.225 e. The third-order valence-electron chi connectivity index (χ3n) is 6.61. The molecule has 0 bridgehead atoms. The number of primary amides is 1. The number of nitrogens with zero attached hydrogens (tertiary/aromatic N) is 2. The summed E-state index contributed by atoms with van der Waals surface area (Å²) >= 11 is 0. The van der Waals surface area contributed by atoms with Gasteiger partial charge in [-0.15, -0.1) is 0 Å². The minimum atomic E-state index is -0.821. The van der Waals surface area contributed by atoms with Crippen molar-refractivity contribution in [1.82, 2.24) is 20.2 Å². The number of nitrogens with two attached hydrogens (primary N) is 1. The van der Waals surface area contributed by atoms with Crippen LogP contribution in [0.15, 0.2) is 24.3 Å². The summed E-state index contributed by atoms with van der Waals surface area (Å²) < 4.78 is 0. The topological polar surface area (TPSA) is 121 Å². The molecule has 1 unspecified atom stereocenters. The van der Waals surface area contributed by atoms with Crippen LogP contribution in [0.4, 0.5) is 0 Å². The van der Waals surface area contributed by atoms with Crippen molar-refractivity contribution in [3.63, 3.8) is 0 Å². The molecule has 33 heavy (non-hydrogen) atoms. The molecule has 2 aromatic rings. The number of aromatic amines is 1. The van der Waals surface area contributed by atoms with Crippen LogP contribution in [0.25, 0.3) is 11.0 Å². The van der Waals surface area contributed by atoms with E-state index >= 15 is 0 Å². The maximum absolute atomic E-state index is 13.4. The molecule has 2 heterocycles. The molecule has 1 aromatic carbocycles. The lowest BCUT2D eigenvalue weighted by molar-refractivity contribution is -0.142. The first-order chi connectivity index (χ1) is 15.7. The highest BCUT2D eigenvalue weighted by molar-refractivity contribution is 5.91. The zero-order chi connectivity index (χ0) is 24.1. The molecule has 3 amide bonds. The molecule has 1 aromatic heterocycles. The van der Waals surface area contributed by atoms with Gasteiger partial charge in [-0.2, -0.15) is 0 Å². The van der Waals surface area contributed by atoms with Crippen LogP contribution in [0.3, 0.4) is 0 Å². The van der Waals surface area contributed by atoms with Gasteiger partial charge in [0.15, 0.2) is 0 Å². The molecule has 1 aliphatic heterocycles. The summed E-state index contributed by atoms with van der Waals surface area (Å²) in [6.45, 7) is 8.53. The zero-order valence-electron chi connectivity index (χ0n) is 20.1. The number of amides is 3. The number of benzene rings is 1. The Morgan fingerprint density at radius 1 is 1.18 bits per heavy atom. The van der Waals surface area contributed by atoms with Crippen molar-refractivity contribution in [3.8, 4) is 0 Å². The van der Waals surface area contributed by atoms with E-state index in [2.05, 4.69) is 15.3 Å². The normalized spacial score (nSPS) is 19.3. The Kier molecular flexibility index (Phi) is 8.10. The van der Waals surface area contributed by atoms with Gasteiger partial charge in [0.1, 0.15) is 5.82 Å². The van der Waals surface area contributed by atoms with Crippen molar-refractivity contribution in [3.05, 3.63) is 30.1 Å². The number of aromatic nitrogens is 2. The molecule has 1 aliphatic rings. The molecule has 3 rings (SSSR count). The highest BCUT2D eigenvalue weighted by atomic mass is 16.2. The van der Waals surface area contributed by atoms with Gasteiger partial charge in [-0.3, -0.25) is 14.4 Å². The van der Waals surface area contributed by atoms with Crippen LogP contribution in [0.5, 0.6) is 0 Å². The Morgan fingerprint density at radius 2 is 1.91 bits per heavy atom. The quantitative estimate of drug-likeness (QED) is 0.537. The summed E-state index contributed by atoms with van der Waals surface area (Å²) in [4.78, 5) is 48.6. The van der Waals surface area contributed by atoms with Crippen molar-refractivity contribution in [1.29, 1.82) is 0 Å². The smallest absolute Gasteiger partial charge is 0.225 e. The zero-order valence-corrected chi connectivity index (χ0v) is 20.1. The molecule has 8 heteroatoms. The number of imidazole rings is 1. The average molecular weight is 456 g/mol. The van der Waals surface area contributed by atoms with E-state index in [4.69, 9.17) is 5.73 Å². The first kappa shape index (κ1) is 24.7. The highest BCUT2D eigenvalue weighted by Crippen LogP contribution is 2.27. The molecular formula is C25H37N5O3. The Hall–Kier alpha value is -2.90. The van der Waals surface area contributed by atoms with E-state index in [0.29, 0.717) is 18.8 Å². The van der Waals surface area contributed by atoms with Gasteiger partial charge in [-0.05, 0) is 57.6 Å². The van der Waals surface area contributed by atoms with Gasteiger partial charge in [-0.25, -0.2) is 4.98 Å². The Bertz CT molecular complexity index is 952. The van der Waals surface area contributed by atoms with Crippen molar-refractivity contribution in [2.24, 2.45) is 23.5 Å². The summed E-state index contributed by atoms with van der Waals surface area (Å²) in [5.74, 6) is -1.72. The number of carbonyl (C=O) groups excluding carboxylic acids is 3. The number of rotatable bonds is 9. The van der Waals surface area contributed by atoms with Crippen LogP contribution in [0.2, 0.25) is 0 Å². The molecule has 8 nitrogen and oxygen atoms in total. The maximum atomic E-state index is 13.4. The van der Waals surface area contributed by atoms with E-state index in [1.54, 1.807) is 0 Å². The van der Waals surface area contributed by atoms with Crippen molar-refractivity contribution >= 4 is 28.8 Å². The standard InChI is InChI=1S/C25H37N5O3/c1-15(2)13-18(23(26)32)19(14-22(31)30-12-8-7-9-16(30)3)25(33)27-17(4)24-28-20-10-5-6-11-21(20)29-24/h5-6,10-11,15-19H,7-9,12-14H2,1-4H3,(H2,26,32)(H,27,33)(H,28,29)/t16-,17-,18?,19-/m0/s1. The molecule has 4 atom stereocenters. The number of piperidine rings is 1. The lowest BCUT2D eigenvalue weighted by atomic mass is 9.81. The fraction of sp³-hybridized carbons (Fsp3) is 0.600. The second-order valence-corrected chi connectivity index (χ2v) is 9.75. The second kappa shape index (κ2) is 10.8. The molecule has 0 saturated carbocycles. The van der Waals surface area contributed by atoms with E-state index in [1.807, 2.05) is 56.9 Å². The lowest BCUT2D eigenvalue weighted by Gasteiger charge is -2.35. The largest absolute Gasteiger partial charge is 0.369 e. The van der Waals surface area contributed by atoms with Crippen LogP contribution < -0.4 is 11.1 Å². The molecular weight excluding hydrogens is 418 g/mol. The van der Waals surface area contributed by atoms with Gasteiger partial charge >= 0.3 is 0 Å². The molecule has 180 valence electrons. The van der Waals surface area contributed by atoms with Gasteiger partial charge in [0, 0.05) is 19.0 Å². The van der Waals surface area contributed by atoms with Crippen molar-refractivity contribution < 1.29 is 14.4 Å². The summed E-state index contributed by atoms with van der Waals surface area (Å²) in [6, 6.07) is 7.37. The summed E-state index contributed by atoms with van der Waals surface area (Å²) in [5.41, 5.74) is 7.43. The molecule has 1 fully saturated rings. The molecule has 4 N–H and O–H groups in total. The first-order valence-corrected chi connectivity index (χ1v) is 12.0. The van der Waals surface area contributed by atoms with Gasteiger partial charge in [0.25, 0.3) is 0 Å². The molecule has 0 aliphatic carbocycles. The van der Waals surface area contributed by atoms with E-state index in [0.717, 1.165) is 30.3 Å². The third kappa shape index (κ3) is 6.12. The third-order valence-corrected chi connectivity index (χ3v) is 6.61. The van der Waals surface area contributed by atoms with Gasteiger partial charge in [0.05, 0.1) is 28.9 Å². The first-order valence-electron chi connectivity index (χ1n) is 12.0. The second-order valence-electron chi connectivity index (χ2n) is 9.75. The van der Waals surface area contributed by atoms with Crippen molar-refractivity contribution in [2.45, 2.75) is 71.9 Å². The predicted molar refractivity (Wildman–Crippen MR) is 128 cm³/mol. The Balaban J connectivity index is 1.80. The lowest BCUT2D eigenvalue weighted by Crippen LogP contribution is -2.47. The number of hydrogen-bond acceptors (Lipinski definition) is 4. The van der Waals surface area contributed by atoms with Crippen LogP contribution in [0, 0.1) is 17.8 Å². The van der Waals surface area contributed by atoms with Crippen LogP contribution in [-0.2, 0) is 14.4 Å². The number of fused-ring (bicyclic) bond motifs is 1. The monoisotopic (exact) mass is 455 g/mol. The van der Waals surface area contributed by atoms with Crippen LogP contribution in [0.1, 0.15) is 71.7 Å². The van der Waals surface area contributed by atoms with Gasteiger partial charge in [-0.1, -0.05) is 26.0 Å². The predicted octanol–water partition coefficient (Wildman–Crippen LogP) is 3.30. The number of hydrogen-bond donors (Lipinski definition) is 3. The number of nitrogens with one attached hydrogen (secondary N) is 2. The van der Waals surface area contributed by atoms with Crippen molar-refractivity contribution in [2.75, 3.05) is 6.54 Å². The molecule has 0 spiro atoms. The Labute approximate surface area is 195 Å². The van der Waals surface area contributed by atoms with Crippen LogP contribution in [-0.4, -0.2) is 45.2 Å². The highest BCUT2D eigenvalue weighted by Gasteiger charge is 2.37. The van der Waals surface area contributed by atoms with Gasteiger partial charge in [0.2, 0.25) is 17.7 Å². The van der Waals surface area contributed by atoms with Gasteiger partial charge < -0.3 is 20.9 Å². The SMILES string of the molecule is CC(C)CC(C(N)=O)[C@H](CC(=O)N1CCCC[C@@H]1C)C(=O)N[C@@H](C)c1nc2ccccc2[nH]1. The minimum absolute atomic E-state index is 0.0245. The average Bonchev–Trinajstić information content (AvgIpc) is 3.20.